The number of benzene rings is 5. The Bertz CT molecular complexity index is 2030. The summed E-state index contributed by atoms with van der Waals surface area (Å²) in [5, 5.41) is 0. The molecule has 0 aliphatic carbocycles. The molecule has 0 aromatic heterocycles. The van der Waals surface area contributed by atoms with Crippen LogP contribution in [-0.4, -0.2) is 0 Å². The van der Waals surface area contributed by atoms with E-state index in [4.69, 9.17) is 0 Å². The van der Waals surface area contributed by atoms with Gasteiger partial charge in [-0.2, -0.15) is 0 Å². The Kier molecular flexibility index (Phi) is 9.94. The molecule has 5 aromatic rings. The van der Waals surface area contributed by atoms with E-state index in [-0.39, 0.29) is 32.5 Å². The second kappa shape index (κ2) is 14.0. The Balaban J connectivity index is 2.19. The van der Waals surface area contributed by atoms with Crippen LogP contribution in [-0.2, 0) is 32.5 Å². The number of hydrogen-bond donors (Lipinski definition) is 0. The smallest absolute Gasteiger partial charge is 0.0619 e. The minimum atomic E-state index is -0.199. The van der Waals surface area contributed by atoms with Crippen molar-refractivity contribution in [2.75, 3.05) is 0 Å². The molecule has 0 spiro atoms. The Labute approximate surface area is 333 Å². The van der Waals surface area contributed by atoms with Crippen molar-refractivity contribution in [3.63, 3.8) is 0 Å². The lowest BCUT2D eigenvalue weighted by molar-refractivity contribution is 0.568. The van der Waals surface area contributed by atoms with Crippen molar-refractivity contribution >= 4 is 0 Å². The fraction of sp³-hybridized carbons (Fsp3) is 0.444. The molecule has 0 N–H and O–H groups in total. The molecule has 0 amide bonds. The van der Waals surface area contributed by atoms with E-state index in [0.717, 1.165) is 44.5 Å². The summed E-state index contributed by atoms with van der Waals surface area (Å²) in [4.78, 5) is 0. The zero-order chi connectivity index (χ0) is 42.1. The molecule has 0 heteroatoms. The molecule has 0 radical (unpaired) electrons. The third-order valence-corrected chi connectivity index (χ3v) is 10.9. The maximum absolute atomic E-state index is 10.7. The summed E-state index contributed by atoms with van der Waals surface area (Å²) in [5.74, 6) is 0. The van der Waals surface area contributed by atoms with E-state index in [1.165, 1.54) is 33.4 Å². The molecule has 5 rings (SSSR count). The first-order chi connectivity index (χ1) is 25.4. The molecule has 0 saturated heterocycles. The van der Waals surface area contributed by atoms with Gasteiger partial charge in [0.1, 0.15) is 0 Å². The normalized spacial score (nSPS) is 13.9. The van der Waals surface area contributed by atoms with Crippen molar-refractivity contribution in [2.24, 2.45) is 0 Å². The highest BCUT2D eigenvalue weighted by atomic mass is 14.3. The van der Waals surface area contributed by atoms with Crippen LogP contribution in [0.4, 0.5) is 0 Å². The van der Waals surface area contributed by atoms with Gasteiger partial charge < -0.3 is 0 Å². The number of rotatable bonds is 4. The average molecular weight is 721 g/mol. The summed E-state index contributed by atoms with van der Waals surface area (Å²) in [5.41, 5.74) is 13.7. The SMILES string of the molecule is [2H]c1c(-c2cc(C(C)(C)C)cc(C(C)(C)C)c2)c(-c2ccccc2C(C)(C)C)c([2H])c(-c2cc(C(C)(C)C)cc(C(C)(C)C)c2)c1-c1ccccc1C(C)(C)C. The Hall–Kier alpha value is -3.90. The third kappa shape index (κ3) is 8.80. The van der Waals surface area contributed by atoms with Crippen LogP contribution in [0.15, 0.2) is 97.0 Å². The fourth-order valence-electron chi connectivity index (χ4n) is 7.32. The standard InChI is InChI=1S/C54H70/c1-49(2,3)37-27-35(28-38(31-37)50(4,5)6)43-33-46(42-24-20-22-26-48(42)54(16,17)18)44(34-45(43)41-23-19-21-25-47(41)53(13,14)15)36-29-39(51(7,8)9)32-40(30-36)52(10,11)12/h19-34H,1-18H3/i33D,34D. The molecule has 0 atom stereocenters. The van der Waals surface area contributed by atoms with Crippen LogP contribution in [0.25, 0.3) is 44.5 Å². The first kappa shape index (κ1) is 38.4. The van der Waals surface area contributed by atoms with Crippen LogP contribution in [0.2, 0.25) is 0 Å². The van der Waals surface area contributed by atoms with Crippen LogP contribution in [0.5, 0.6) is 0 Å². The van der Waals surface area contributed by atoms with Crippen molar-refractivity contribution in [3.05, 3.63) is 130 Å². The second-order valence-corrected chi connectivity index (χ2v) is 21.9. The van der Waals surface area contributed by atoms with Crippen LogP contribution in [0, 0.1) is 0 Å². The lowest BCUT2D eigenvalue weighted by atomic mass is 9.74. The molecular weight excluding hydrogens is 649 g/mol. The van der Waals surface area contributed by atoms with Crippen molar-refractivity contribution in [1.29, 1.82) is 0 Å². The van der Waals surface area contributed by atoms with Gasteiger partial charge in [0.25, 0.3) is 0 Å². The zero-order valence-electron chi connectivity index (χ0n) is 39.1. The second-order valence-electron chi connectivity index (χ2n) is 21.9. The summed E-state index contributed by atoms with van der Waals surface area (Å²) < 4.78 is 21.5. The molecule has 54 heavy (non-hydrogen) atoms. The van der Waals surface area contributed by atoms with Gasteiger partial charge in [-0.3, -0.25) is 0 Å². The van der Waals surface area contributed by atoms with E-state index < -0.39 is 0 Å². The largest absolute Gasteiger partial charge is 0.0636 e. The molecule has 0 unspecified atom stereocenters. The highest BCUT2D eigenvalue weighted by Crippen LogP contribution is 2.48. The van der Waals surface area contributed by atoms with E-state index in [2.05, 4.69) is 210 Å². The summed E-state index contributed by atoms with van der Waals surface area (Å²) in [6.07, 6.45) is 0. The van der Waals surface area contributed by atoms with E-state index in [0.29, 0.717) is 12.1 Å². The van der Waals surface area contributed by atoms with Gasteiger partial charge >= 0.3 is 0 Å². The Morgan fingerprint density at radius 2 is 0.556 bits per heavy atom. The predicted molar refractivity (Wildman–Crippen MR) is 240 cm³/mol. The van der Waals surface area contributed by atoms with Gasteiger partial charge in [-0.05, 0) is 122 Å². The molecular formula is C54H70. The van der Waals surface area contributed by atoms with Gasteiger partial charge in [-0.1, -0.05) is 210 Å². The van der Waals surface area contributed by atoms with Crippen molar-refractivity contribution in [1.82, 2.24) is 0 Å². The summed E-state index contributed by atoms with van der Waals surface area (Å²) in [6.45, 7) is 40.8. The maximum Gasteiger partial charge on any atom is 0.0636 e. The molecule has 286 valence electrons. The highest BCUT2D eigenvalue weighted by molar-refractivity contribution is 5.97. The monoisotopic (exact) mass is 721 g/mol. The first-order valence-electron chi connectivity index (χ1n) is 21.1. The summed E-state index contributed by atoms with van der Waals surface area (Å²) in [7, 11) is 0. The third-order valence-electron chi connectivity index (χ3n) is 10.9. The molecule has 0 heterocycles. The van der Waals surface area contributed by atoms with E-state index in [1.54, 1.807) is 0 Å². The van der Waals surface area contributed by atoms with Gasteiger partial charge in [0.05, 0.1) is 2.74 Å². The van der Waals surface area contributed by atoms with Gasteiger partial charge in [0, 0.05) is 0 Å². The molecule has 5 aromatic carbocycles. The van der Waals surface area contributed by atoms with Crippen molar-refractivity contribution < 1.29 is 2.74 Å². The highest BCUT2D eigenvalue weighted by Gasteiger charge is 2.29. The molecule has 0 nitrogen and oxygen atoms in total. The fourth-order valence-corrected chi connectivity index (χ4v) is 7.32. The lowest BCUT2D eigenvalue weighted by Crippen LogP contribution is -2.17. The van der Waals surface area contributed by atoms with Gasteiger partial charge in [0.2, 0.25) is 0 Å². The summed E-state index contributed by atoms with van der Waals surface area (Å²) in [6, 6.07) is 32.1. The average Bonchev–Trinajstić information content (AvgIpc) is 3.06. The Morgan fingerprint density at radius 1 is 0.296 bits per heavy atom. The van der Waals surface area contributed by atoms with Crippen molar-refractivity contribution in [2.45, 2.75) is 157 Å². The quantitative estimate of drug-likeness (QED) is 0.173. The predicted octanol–water partition coefficient (Wildman–Crippen LogP) is 16.1. The van der Waals surface area contributed by atoms with Crippen LogP contribution in [0.1, 0.15) is 161 Å². The lowest BCUT2D eigenvalue weighted by Gasteiger charge is -2.30. The van der Waals surface area contributed by atoms with Gasteiger partial charge in [-0.25, -0.2) is 0 Å². The van der Waals surface area contributed by atoms with Crippen LogP contribution in [0.3, 0.4) is 0 Å². The van der Waals surface area contributed by atoms with E-state index in [9.17, 15) is 2.74 Å². The van der Waals surface area contributed by atoms with Crippen LogP contribution >= 0.6 is 0 Å². The first-order valence-corrected chi connectivity index (χ1v) is 20.1. The maximum atomic E-state index is 10.7. The minimum absolute atomic E-state index is 0.121. The van der Waals surface area contributed by atoms with E-state index in [1.807, 2.05) is 0 Å². The topological polar surface area (TPSA) is 0 Å². The molecule has 0 aliphatic rings. The van der Waals surface area contributed by atoms with Gasteiger partial charge in [0.15, 0.2) is 0 Å². The van der Waals surface area contributed by atoms with Crippen LogP contribution < -0.4 is 0 Å². The Morgan fingerprint density at radius 3 is 0.796 bits per heavy atom. The number of hydrogen-bond acceptors (Lipinski definition) is 0. The van der Waals surface area contributed by atoms with Crippen molar-refractivity contribution in [3.8, 4) is 44.5 Å². The van der Waals surface area contributed by atoms with Gasteiger partial charge in [-0.15, -0.1) is 0 Å². The molecule has 0 saturated carbocycles. The molecule has 0 aliphatic heterocycles. The summed E-state index contributed by atoms with van der Waals surface area (Å²) >= 11 is 0. The molecule has 0 bridgehead atoms. The minimum Gasteiger partial charge on any atom is -0.0619 e. The molecule has 0 fully saturated rings. The zero-order valence-corrected chi connectivity index (χ0v) is 37.1. The van der Waals surface area contributed by atoms with E-state index >= 15 is 0 Å².